The molecule has 0 spiro atoms. The fraction of sp³-hybridized carbons (Fsp3) is 0.889. The minimum atomic E-state index is -0.324. The largest absolute Gasteiger partial charge is 0.379 e. The van der Waals surface area contributed by atoms with Crippen LogP contribution in [0, 0.1) is 0 Å². The Hall–Kier alpha value is -0.610. The molecule has 0 aromatic heterocycles. The molecule has 1 amide bonds. The molecule has 0 aliphatic carbocycles. The molecule has 78 valence electrons. The van der Waals surface area contributed by atoms with Gasteiger partial charge in [-0.15, -0.1) is 0 Å². The Balaban J connectivity index is 3.62. The molecule has 0 aliphatic rings. The molecule has 4 nitrogen and oxygen atoms in total. The Morgan fingerprint density at radius 3 is 2.54 bits per heavy atom. The van der Waals surface area contributed by atoms with E-state index in [-0.39, 0.29) is 17.6 Å². The first-order valence-corrected chi connectivity index (χ1v) is 4.47. The van der Waals surface area contributed by atoms with E-state index in [0.717, 1.165) is 13.0 Å². The number of methoxy groups -OCH3 is 1. The Kier molecular flexibility index (Phi) is 4.95. The molecule has 0 saturated heterocycles. The summed E-state index contributed by atoms with van der Waals surface area (Å²) in [7, 11) is 1.68. The van der Waals surface area contributed by atoms with Crippen molar-refractivity contribution in [2.45, 2.75) is 38.8 Å². The second kappa shape index (κ2) is 5.19. The number of nitrogens with two attached hydrogens (primary N) is 1. The van der Waals surface area contributed by atoms with Crippen LogP contribution in [-0.4, -0.2) is 31.2 Å². The molecule has 0 saturated carbocycles. The summed E-state index contributed by atoms with van der Waals surface area (Å²) in [5, 5.41) is 3.02. The van der Waals surface area contributed by atoms with E-state index in [1.54, 1.807) is 14.0 Å². The lowest BCUT2D eigenvalue weighted by Gasteiger charge is -2.23. The van der Waals surface area contributed by atoms with Crippen molar-refractivity contribution >= 4 is 5.91 Å². The van der Waals surface area contributed by atoms with E-state index in [1.165, 1.54) is 0 Å². The van der Waals surface area contributed by atoms with Crippen molar-refractivity contribution in [3.8, 4) is 0 Å². The van der Waals surface area contributed by atoms with Crippen molar-refractivity contribution in [3.05, 3.63) is 0 Å². The number of hydrogen-bond acceptors (Lipinski definition) is 3. The lowest BCUT2D eigenvalue weighted by molar-refractivity contribution is -0.119. The van der Waals surface area contributed by atoms with Crippen LogP contribution in [0.1, 0.15) is 27.2 Å². The Labute approximate surface area is 79.8 Å². The molecule has 1 atom stereocenters. The van der Waals surface area contributed by atoms with Crippen molar-refractivity contribution in [2.24, 2.45) is 5.73 Å². The quantitative estimate of drug-likeness (QED) is 0.628. The lowest BCUT2D eigenvalue weighted by atomic mass is 10.1. The third-order valence-electron chi connectivity index (χ3n) is 2.16. The van der Waals surface area contributed by atoms with E-state index in [0.29, 0.717) is 0 Å². The number of carbonyl (C=O) groups is 1. The van der Waals surface area contributed by atoms with Gasteiger partial charge in [0, 0.05) is 7.11 Å². The summed E-state index contributed by atoms with van der Waals surface area (Å²) in [5.41, 5.74) is 4.94. The third-order valence-corrected chi connectivity index (χ3v) is 2.16. The maximum absolute atomic E-state index is 10.7. The van der Waals surface area contributed by atoms with Gasteiger partial charge in [0.25, 0.3) is 0 Å². The smallest absolute Gasteiger partial charge is 0.234 e. The molecule has 13 heavy (non-hydrogen) atoms. The molecule has 0 fully saturated rings. The van der Waals surface area contributed by atoms with Gasteiger partial charge in [0.1, 0.15) is 0 Å². The van der Waals surface area contributed by atoms with Gasteiger partial charge in [-0.1, -0.05) is 0 Å². The van der Waals surface area contributed by atoms with Crippen LogP contribution >= 0.6 is 0 Å². The SMILES string of the molecule is COC(C)(C)CCNC(C)C(N)=O. The van der Waals surface area contributed by atoms with Crippen LogP contribution in [0.2, 0.25) is 0 Å². The molecule has 0 aliphatic heterocycles. The summed E-state index contributed by atoms with van der Waals surface area (Å²) in [6.07, 6.45) is 0.848. The molecule has 4 heteroatoms. The highest BCUT2D eigenvalue weighted by Gasteiger charge is 2.16. The first kappa shape index (κ1) is 12.4. The number of nitrogens with one attached hydrogen (secondary N) is 1. The molecule has 0 heterocycles. The summed E-state index contributed by atoms with van der Waals surface area (Å²) < 4.78 is 5.22. The third kappa shape index (κ3) is 5.60. The molecule has 3 N–H and O–H groups in total. The second-order valence-corrected chi connectivity index (χ2v) is 3.79. The predicted molar refractivity (Wildman–Crippen MR) is 52.4 cm³/mol. The predicted octanol–water partition coefficient (Wildman–Crippen LogP) is 0.265. The minimum absolute atomic E-state index is 0.148. The Morgan fingerprint density at radius 1 is 1.62 bits per heavy atom. The van der Waals surface area contributed by atoms with Gasteiger partial charge in [0.15, 0.2) is 0 Å². The number of primary amides is 1. The van der Waals surface area contributed by atoms with Crippen molar-refractivity contribution in [1.29, 1.82) is 0 Å². The molecule has 1 unspecified atom stereocenters. The highest BCUT2D eigenvalue weighted by molar-refractivity contribution is 5.79. The second-order valence-electron chi connectivity index (χ2n) is 3.79. The number of carbonyl (C=O) groups excluding carboxylic acids is 1. The summed E-state index contributed by atoms with van der Waals surface area (Å²) in [5.74, 6) is -0.324. The van der Waals surface area contributed by atoms with Gasteiger partial charge in [0.2, 0.25) is 5.91 Å². The zero-order chi connectivity index (χ0) is 10.5. The van der Waals surface area contributed by atoms with Crippen molar-refractivity contribution in [3.63, 3.8) is 0 Å². The van der Waals surface area contributed by atoms with E-state index in [4.69, 9.17) is 10.5 Å². The van der Waals surface area contributed by atoms with E-state index in [2.05, 4.69) is 5.32 Å². The lowest BCUT2D eigenvalue weighted by Crippen LogP contribution is -2.41. The summed E-state index contributed by atoms with van der Waals surface area (Å²) >= 11 is 0. The maximum atomic E-state index is 10.7. The minimum Gasteiger partial charge on any atom is -0.379 e. The van der Waals surface area contributed by atoms with Crippen LogP contribution in [-0.2, 0) is 9.53 Å². The van der Waals surface area contributed by atoms with Gasteiger partial charge >= 0.3 is 0 Å². The van der Waals surface area contributed by atoms with E-state index >= 15 is 0 Å². The average molecular weight is 188 g/mol. The number of hydrogen-bond donors (Lipinski definition) is 2. The molecule has 0 radical (unpaired) electrons. The monoisotopic (exact) mass is 188 g/mol. The van der Waals surface area contributed by atoms with Crippen LogP contribution in [0.3, 0.4) is 0 Å². The molecular weight excluding hydrogens is 168 g/mol. The fourth-order valence-corrected chi connectivity index (χ4v) is 0.792. The number of ether oxygens (including phenoxy) is 1. The molecule has 0 aromatic rings. The highest BCUT2D eigenvalue weighted by atomic mass is 16.5. The zero-order valence-electron chi connectivity index (χ0n) is 8.89. The molecule has 0 bridgehead atoms. The van der Waals surface area contributed by atoms with Gasteiger partial charge in [-0.2, -0.15) is 0 Å². The first-order valence-electron chi connectivity index (χ1n) is 4.47. The maximum Gasteiger partial charge on any atom is 0.234 e. The van der Waals surface area contributed by atoms with Crippen LogP contribution in [0.4, 0.5) is 0 Å². The Bertz CT molecular complexity index is 169. The van der Waals surface area contributed by atoms with Gasteiger partial charge in [0.05, 0.1) is 11.6 Å². The van der Waals surface area contributed by atoms with Gasteiger partial charge in [-0.25, -0.2) is 0 Å². The highest BCUT2D eigenvalue weighted by Crippen LogP contribution is 2.11. The Morgan fingerprint density at radius 2 is 2.15 bits per heavy atom. The molecule has 0 aromatic carbocycles. The van der Waals surface area contributed by atoms with E-state index in [9.17, 15) is 4.79 Å². The van der Waals surface area contributed by atoms with Gasteiger partial charge in [-0.05, 0) is 33.7 Å². The first-order chi connectivity index (χ1) is 5.89. The standard InChI is InChI=1S/C9H20N2O2/c1-7(8(10)12)11-6-5-9(2,3)13-4/h7,11H,5-6H2,1-4H3,(H2,10,12). The van der Waals surface area contributed by atoms with Crippen LogP contribution in [0.15, 0.2) is 0 Å². The van der Waals surface area contributed by atoms with E-state index < -0.39 is 0 Å². The topological polar surface area (TPSA) is 64.3 Å². The zero-order valence-corrected chi connectivity index (χ0v) is 8.89. The van der Waals surface area contributed by atoms with Crippen LogP contribution < -0.4 is 11.1 Å². The average Bonchev–Trinajstić information content (AvgIpc) is 2.04. The van der Waals surface area contributed by atoms with Gasteiger partial charge in [-0.3, -0.25) is 4.79 Å². The molecular formula is C9H20N2O2. The number of rotatable bonds is 6. The van der Waals surface area contributed by atoms with Crippen molar-refractivity contribution in [2.75, 3.05) is 13.7 Å². The van der Waals surface area contributed by atoms with Crippen molar-refractivity contribution in [1.82, 2.24) is 5.32 Å². The van der Waals surface area contributed by atoms with E-state index in [1.807, 2.05) is 13.8 Å². The fourth-order valence-electron chi connectivity index (χ4n) is 0.792. The van der Waals surface area contributed by atoms with Crippen molar-refractivity contribution < 1.29 is 9.53 Å². The normalized spacial score (nSPS) is 14.2. The summed E-state index contributed by atoms with van der Waals surface area (Å²) in [6.45, 7) is 6.49. The van der Waals surface area contributed by atoms with Crippen LogP contribution in [0.5, 0.6) is 0 Å². The van der Waals surface area contributed by atoms with Gasteiger partial charge < -0.3 is 15.8 Å². The summed E-state index contributed by atoms with van der Waals surface area (Å²) in [4.78, 5) is 10.7. The summed E-state index contributed by atoms with van der Waals surface area (Å²) in [6, 6.07) is -0.271. The van der Waals surface area contributed by atoms with Crippen LogP contribution in [0.25, 0.3) is 0 Å². The number of amides is 1. The molecule has 0 rings (SSSR count).